The van der Waals surface area contributed by atoms with Crippen molar-refractivity contribution in [1.29, 1.82) is 0 Å². The average molecular weight is 468 g/mol. The standard InChI is InChI=1S/C27H25N5OS/c1-18-11-16-24(31(18)21-8-4-3-5-9-21)26-25(23-10-6-7-17-28-23)30-27(34)32(26)22-14-12-20(13-15-22)29-19(2)33/h3-17,25-26H,1-2H3,(H,29,33)(H,30,34)/t25-,26-/m1/s1. The number of nitrogens with one attached hydrogen (secondary N) is 2. The van der Waals surface area contributed by atoms with Crippen LogP contribution in [0.4, 0.5) is 11.4 Å². The van der Waals surface area contributed by atoms with Gasteiger partial charge in [0, 0.05) is 41.6 Å². The molecular formula is C27H25N5OS. The quantitative estimate of drug-likeness (QED) is 0.389. The third-order valence-corrected chi connectivity index (χ3v) is 6.30. The van der Waals surface area contributed by atoms with Crippen LogP contribution in [-0.4, -0.2) is 20.6 Å². The van der Waals surface area contributed by atoms with Gasteiger partial charge in [-0.3, -0.25) is 9.78 Å². The first-order valence-electron chi connectivity index (χ1n) is 11.1. The highest BCUT2D eigenvalue weighted by Crippen LogP contribution is 2.42. The van der Waals surface area contributed by atoms with E-state index in [9.17, 15) is 4.79 Å². The van der Waals surface area contributed by atoms with Gasteiger partial charge in [-0.2, -0.15) is 0 Å². The Morgan fingerprint density at radius 2 is 1.68 bits per heavy atom. The highest BCUT2D eigenvalue weighted by atomic mass is 32.1. The molecule has 2 atom stereocenters. The lowest BCUT2D eigenvalue weighted by atomic mass is 10.0. The van der Waals surface area contributed by atoms with Crippen LogP contribution in [0.3, 0.4) is 0 Å². The Labute approximate surface area is 204 Å². The van der Waals surface area contributed by atoms with Crippen LogP contribution in [0.2, 0.25) is 0 Å². The molecule has 2 aromatic carbocycles. The number of amides is 1. The van der Waals surface area contributed by atoms with Gasteiger partial charge in [-0.05, 0) is 79.8 Å². The number of rotatable bonds is 5. The molecule has 3 heterocycles. The first-order valence-corrected chi connectivity index (χ1v) is 11.6. The van der Waals surface area contributed by atoms with Gasteiger partial charge in [0.1, 0.15) is 6.04 Å². The Bertz CT molecular complexity index is 1320. The summed E-state index contributed by atoms with van der Waals surface area (Å²) in [5, 5.41) is 6.97. The molecule has 170 valence electrons. The number of para-hydroxylation sites is 1. The maximum absolute atomic E-state index is 11.5. The first kappa shape index (κ1) is 21.9. The molecule has 2 N–H and O–H groups in total. The van der Waals surface area contributed by atoms with Crippen molar-refractivity contribution >= 4 is 34.6 Å². The van der Waals surface area contributed by atoms with E-state index in [1.165, 1.54) is 6.92 Å². The van der Waals surface area contributed by atoms with Gasteiger partial charge < -0.3 is 20.1 Å². The van der Waals surface area contributed by atoms with Crippen molar-refractivity contribution < 1.29 is 4.79 Å². The number of carbonyl (C=O) groups is 1. The van der Waals surface area contributed by atoms with E-state index in [0.717, 1.165) is 34.1 Å². The number of pyridine rings is 1. The topological polar surface area (TPSA) is 62.2 Å². The number of thiocarbonyl (C=S) groups is 1. The summed E-state index contributed by atoms with van der Waals surface area (Å²) in [6, 6.07) is 28.1. The van der Waals surface area contributed by atoms with E-state index in [1.54, 1.807) is 0 Å². The summed E-state index contributed by atoms with van der Waals surface area (Å²) in [7, 11) is 0. The molecule has 1 aliphatic rings. The van der Waals surface area contributed by atoms with Crippen molar-refractivity contribution in [3.8, 4) is 5.69 Å². The van der Waals surface area contributed by atoms with E-state index in [-0.39, 0.29) is 18.0 Å². The molecule has 5 rings (SSSR count). The number of hydrogen-bond acceptors (Lipinski definition) is 3. The number of aryl methyl sites for hydroxylation is 1. The molecule has 1 fully saturated rings. The number of benzene rings is 2. The monoisotopic (exact) mass is 467 g/mol. The van der Waals surface area contributed by atoms with Crippen LogP contribution in [0.15, 0.2) is 91.1 Å². The molecule has 7 heteroatoms. The molecule has 0 unspecified atom stereocenters. The Balaban J connectivity index is 1.64. The lowest BCUT2D eigenvalue weighted by Crippen LogP contribution is -2.30. The summed E-state index contributed by atoms with van der Waals surface area (Å²) < 4.78 is 2.27. The normalized spacial score (nSPS) is 17.5. The molecule has 1 aliphatic heterocycles. The summed E-state index contributed by atoms with van der Waals surface area (Å²) in [5.74, 6) is -0.102. The van der Waals surface area contributed by atoms with Crippen molar-refractivity contribution in [2.75, 3.05) is 10.2 Å². The molecule has 0 saturated carbocycles. The largest absolute Gasteiger partial charge is 0.351 e. The molecule has 6 nitrogen and oxygen atoms in total. The molecule has 4 aromatic rings. The summed E-state index contributed by atoms with van der Waals surface area (Å²) in [6.07, 6.45) is 1.81. The van der Waals surface area contributed by atoms with Crippen LogP contribution in [0.1, 0.15) is 36.1 Å². The highest BCUT2D eigenvalue weighted by Gasteiger charge is 2.42. The zero-order chi connectivity index (χ0) is 23.7. The van der Waals surface area contributed by atoms with E-state index in [1.807, 2.05) is 66.9 Å². The zero-order valence-electron chi connectivity index (χ0n) is 19.0. The minimum absolute atomic E-state index is 0.102. The van der Waals surface area contributed by atoms with Gasteiger partial charge in [0.15, 0.2) is 5.11 Å². The third kappa shape index (κ3) is 4.06. The maximum atomic E-state index is 11.5. The van der Waals surface area contributed by atoms with Crippen molar-refractivity contribution in [2.24, 2.45) is 0 Å². The second-order valence-corrected chi connectivity index (χ2v) is 8.68. The summed E-state index contributed by atoms with van der Waals surface area (Å²) in [4.78, 5) is 18.2. The van der Waals surface area contributed by atoms with Gasteiger partial charge in [0.05, 0.1) is 11.7 Å². The van der Waals surface area contributed by atoms with Gasteiger partial charge in [0.25, 0.3) is 0 Å². The van der Waals surface area contributed by atoms with Gasteiger partial charge in [-0.25, -0.2) is 0 Å². The molecule has 2 aromatic heterocycles. The molecule has 0 spiro atoms. The van der Waals surface area contributed by atoms with Gasteiger partial charge in [-0.1, -0.05) is 24.3 Å². The second-order valence-electron chi connectivity index (χ2n) is 8.30. The summed E-state index contributed by atoms with van der Waals surface area (Å²) in [5.41, 5.74) is 5.95. The van der Waals surface area contributed by atoms with E-state index in [4.69, 9.17) is 12.2 Å². The van der Waals surface area contributed by atoms with Crippen molar-refractivity contribution in [3.63, 3.8) is 0 Å². The van der Waals surface area contributed by atoms with Crippen LogP contribution in [0.25, 0.3) is 5.69 Å². The predicted octanol–water partition coefficient (Wildman–Crippen LogP) is 5.32. The third-order valence-electron chi connectivity index (χ3n) is 5.99. The molecule has 0 bridgehead atoms. The molecular weight excluding hydrogens is 442 g/mol. The van der Waals surface area contributed by atoms with Crippen molar-refractivity contribution in [1.82, 2.24) is 14.9 Å². The number of carbonyl (C=O) groups excluding carboxylic acids is 1. The average Bonchev–Trinajstić information content (AvgIpc) is 3.39. The molecule has 0 aliphatic carbocycles. The van der Waals surface area contributed by atoms with Crippen LogP contribution in [0, 0.1) is 6.92 Å². The number of hydrogen-bond donors (Lipinski definition) is 2. The molecule has 34 heavy (non-hydrogen) atoms. The number of nitrogens with zero attached hydrogens (tertiary/aromatic N) is 3. The van der Waals surface area contributed by atoms with Crippen molar-refractivity contribution in [2.45, 2.75) is 25.9 Å². The summed E-state index contributed by atoms with van der Waals surface area (Å²) in [6.45, 7) is 3.61. The molecule has 1 amide bonds. The fourth-order valence-electron chi connectivity index (χ4n) is 4.56. The lowest BCUT2D eigenvalue weighted by molar-refractivity contribution is -0.114. The number of anilines is 2. The summed E-state index contributed by atoms with van der Waals surface area (Å²) >= 11 is 5.85. The number of aromatic nitrogens is 2. The lowest BCUT2D eigenvalue weighted by Gasteiger charge is -2.29. The Hall–Kier alpha value is -3.97. The zero-order valence-corrected chi connectivity index (χ0v) is 19.8. The maximum Gasteiger partial charge on any atom is 0.221 e. The van der Waals surface area contributed by atoms with Gasteiger partial charge in [0.2, 0.25) is 5.91 Å². The van der Waals surface area contributed by atoms with Crippen LogP contribution >= 0.6 is 12.2 Å². The van der Waals surface area contributed by atoms with Crippen molar-refractivity contribution in [3.05, 3.63) is 108 Å². The van der Waals surface area contributed by atoms with Crippen LogP contribution in [0.5, 0.6) is 0 Å². The van der Waals surface area contributed by atoms with Crippen LogP contribution < -0.4 is 15.5 Å². The van der Waals surface area contributed by atoms with E-state index >= 15 is 0 Å². The minimum Gasteiger partial charge on any atom is -0.351 e. The van der Waals surface area contributed by atoms with E-state index < -0.39 is 0 Å². The molecule has 1 saturated heterocycles. The van der Waals surface area contributed by atoms with E-state index in [2.05, 4.69) is 56.3 Å². The molecule has 0 radical (unpaired) electrons. The Morgan fingerprint density at radius 3 is 2.35 bits per heavy atom. The van der Waals surface area contributed by atoms with Gasteiger partial charge >= 0.3 is 0 Å². The smallest absolute Gasteiger partial charge is 0.221 e. The van der Waals surface area contributed by atoms with Crippen LogP contribution in [-0.2, 0) is 4.79 Å². The minimum atomic E-state index is -0.138. The fraction of sp³-hybridized carbons (Fsp3) is 0.148. The Kier molecular flexibility index (Phi) is 5.86. The predicted molar refractivity (Wildman–Crippen MR) is 139 cm³/mol. The first-order chi connectivity index (χ1) is 16.5. The highest BCUT2D eigenvalue weighted by molar-refractivity contribution is 7.80. The SMILES string of the molecule is CC(=O)Nc1ccc(N2C(=S)N[C@H](c3ccccn3)[C@H]2c2ccc(C)n2-c2ccccc2)cc1. The van der Waals surface area contributed by atoms with E-state index in [0.29, 0.717) is 5.11 Å². The Morgan fingerprint density at radius 1 is 0.941 bits per heavy atom. The van der Waals surface area contributed by atoms with Gasteiger partial charge in [-0.15, -0.1) is 0 Å². The fourth-order valence-corrected chi connectivity index (χ4v) is 4.91. The second kappa shape index (κ2) is 9.11.